The first-order valence-electron chi connectivity index (χ1n) is 6.51. The van der Waals surface area contributed by atoms with Gasteiger partial charge in [0.1, 0.15) is 11.6 Å². The molecule has 0 aromatic heterocycles. The SMILES string of the molecule is Cc1ccc(C)c(CC(=O)CSc2cccc(F)c2)c1. The molecule has 0 fully saturated rings. The molecule has 0 atom stereocenters. The summed E-state index contributed by atoms with van der Waals surface area (Å²) in [6.45, 7) is 4.04. The van der Waals surface area contributed by atoms with Gasteiger partial charge in [-0.15, -0.1) is 11.8 Å². The number of halogens is 1. The first-order chi connectivity index (χ1) is 9.54. The predicted octanol–water partition coefficient (Wildman–Crippen LogP) is 4.35. The molecule has 2 aromatic carbocycles. The molecule has 2 rings (SSSR count). The minimum atomic E-state index is -0.267. The van der Waals surface area contributed by atoms with Gasteiger partial charge in [0.05, 0.1) is 5.75 Å². The Labute approximate surface area is 123 Å². The molecule has 20 heavy (non-hydrogen) atoms. The Bertz CT molecular complexity index is 622. The van der Waals surface area contributed by atoms with Crippen LogP contribution in [-0.4, -0.2) is 11.5 Å². The van der Waals surface area contributed by atoms with Crippen LogP contribution in [0, 0.1) is 19.7 Å². The molecule has 3 heteroatoms. The van der Waals surface area contributed by atoms with Crippen LogP contribution in [0.25, 0.3) is 0 Å². The Hall–Kier alpha value is -1.61. The summed E-state index contributed by atoms with van der Waals surface area (Å²) in [5.41, 5.74) is 3.38. The fraction of sp³-hybridized carbons (Fsp3) is 0.235. The van der Waals surface area contributed by atoms with Gasteiger partial charge in [0.2, 0.25) is 0 Å². The van der Waals surface area contributed by atoms with E-state index in [1.54, 1.807) is 6.07 Å². The van der Waals surface area contributed by atoms with E-state index in [1.165, 1.54) is 23.9 Å². The largest absolute Gasteiger partial charge is 0.298 e. The topological polar surface area (TPSA) is 17.1 Å². The van der Waals surface area contributed by atoms with Crippen molar-refractivity contribution in [3.8, 4) is 0 Å². The highest BCUT2D eigenvalue weighted by Crippen LogP contribution is 2.20. The number of aryl methyl sites for hydroxylation is 2. The van der Waals surface area contributed by atoms with Gasteiger partial charge >= 0.3 is 0 Å². The van der Waals surface area contributed by atoms with E-state index in [2.05, 4.69) is 6.07 Å². The molecule has 0 unspecified atom stereocenters. The smallest absolute Gasteiger partial charge is 0.147 e. The zero-order chi connectivity index (χ0) is 14.5. The van der Waals surface area contributed by atoms with E-state index in [0.29, 0.717) is 12.2 Å². The third-order valence-electron chi connectivity index (χ3n) is 3.09. The van der Waals surface area contributed by atoms with Crippen LogP contribution in [-0.2, 0) is 11.2 Å². The van der Waals surface area contributed by atoms with Gasteiger partial charge in [0, 0.05) is 11.3 Å². The molecule has 0 amide bonds. The molecular weight excluding hydrogens is 271 g/mol. The van der Waals surface area contributed by atoms with Crippen molar-refractivity contribution in [2.24, 2.45) is 0 Å². The van der Waals surface area contributed by atoms with E-state index in [-0.39, 0.29) is 11.6 Å². The first-order valence-corrected chi connectivity index (χ1v) is 7.49. The van der Waals surface area contributed by atoms with Gasteiger partial charge in [-0.25, -0.2) is 4.39 Å². The van der Waals surface area contributed by atoms with Crippen molar-refractivity contribution in [3.63, 3.8) is 0 Å². The lowest BCUT2D eigenvalue weighted by molar-refractivity contribution is -0.116. The number of hydrogen-bond donors (Lipinski definition) is 0. The number of carbonyl (C=O) groups excluding carboxylic acids is 1. The number of thioether (sulfide) groups is 1. The maximum Gasteiger partial charge on any atom is 0.147 e. The van der Waals surface area contributed by atoms with Gasteiger partial charge in [-0.1, -0.05) is 29.8 Å². The molecule has 0 aliphatic rings. The Balaban J connectivity index is 1.94. The Morgan fingerprint density at radius 3 is 2.70 bits per heavy atom. The van der Waals surface area contributed by atoms with Gasteiger partial charge in [0.25, 0.3) is 0 Å². The molecule has 0 saturated carbocycles. The third-order valence-corrected chi connectivity index (χ3v) is 4.14. The highest BCUT2D eigenvalue weighted by Gasteiger charge is 2.07. The standard InChI is InChI=1S/C17H17FOS/c1-12-6-7-13(2)14(8-12)9-16(19)11-20-17-5-3-4-15(18)10-17/h3-8,10H,9,11H2,1-2H3. The second kappa shape index (κ2) is 6.71. The molecule has 0 aliphatic heterocycles. The lowest BCUT2D eigenvalue weighted by Crippen LogP contribution is -2.07. The summed E-state index contributed by atoms with van der Waals surface area (Å²) in [4.78, 5) is 12.8. The number of benzene rings is 2. The maximum absolute atomic E-state index is 13.0. The van der Waals surface area contributed by atoms with E-state index in [1.807, 2.05) is 32.0 Å². The van der Waals surface area contributed by atoms with Crippen molar-refractivity contribution >= 4 is 17.5 Å². The maximum atomic E-state index is 13.0. The second-order valence-electron chi connectivity index (χ2n) is 4.89. The van der Waals surface area contributed by atoms with Gasteiger partial charge in [-0.2, -0.15) is 0 Å². The van der Waals surface area contributed by atoms with E-state index >= 15 is 0 Å². The van der Waals surface area contributed by atoms with Crippen molar-refractivity contribution in [2.75, 3.05) is 5.75 Å². The van der Waals surface area contributed by atoms with Crippen molar-refractivity contribution in [1.82, 2.24) is 0 Å². The normalized spacial score (nSPS) is 10.6. The van der Waals surface area contributed by atoms with Crippen molar-refractivity contribution in [3.05, 3.63) is 65.0 Å². The number of ketones is 1. The molecule has 104 valence electrons. The summed E-state index contributed by atoms with van der Waals surface area (Å²) in [7, 11) is 0. The Kier molecular flexibility index (Phi) is 4.96. The number of rotatable bonds is 5. The van der Waals surface area contributed by atoms with E-state index in [9.17, 15) is 9.18 Å². The van der Waals surface area contributed by atoms with Crippen LogP contribution in [0.5, 0.6) is 0 Å². The van der Waals surface area contributed by atoms with Crippen LogP contribution in [0.3, 0.4) is 0 Å². The lowest BCUT2D eigenvalue weighted by Gasteiger charge is -2.06. The minimum absolute atomic E-state index is 0.160. The zero-order valence-electron chi connectivity index (χ0n) is 11.7. The number of hydrogen-bond acceptors (Lipinski definition) is 2. The Morgan fingerprint density at radius 2 is 1.95 bits per heavy atom. The second-order valence-corrected chi connectivity index (χ2v) is 5.94. The number of Topliss-reactive ketones (excluding diaryl/α,β-unsaturated/α-hetero) is 1. The molecule has 0 spiro atoms. The molecule has 0 heterocycles. The van der Waals surface area contributed by atoms with Crippen LogP contribution in [0.1, 0.15) is 16.7 Å². The van der Waals surface area contributed by atoms with Crippen molar-refractivity contribution < 1.29 is 9.18 Å². The third kappa shape index (κ3) is 4.20. The van der Waals surface area contributed by atoms with Gasteiger partial charge in [-0.3, -0.25) is 4.79 Å². The molecule has 0 saturated heterocycles. The minimum Gasteiger partial charge on any atom is -0.298 e. The summed E-state index contributed by atoms with van der Waals surface area (Å²) < 4.78 is 13.0. The molecule has 0 aliphatic carbocycles. The molecule has 1 nitrogen and oxygen atoms in total. The summed E-state index contributed by atoms with van der Waals surface area (Å²) in [5.74, 6) is 0.265. The quantitative estimate of drug-likeness (QED) is 0.761. The number of carbonyl (C=O) groups is 1. The van der Waals surface area contributed by atoms with Crippen molar-refractivity contribution in [2.45, 2.75) is 25.2 Å². The summed E-state index contributed by atoms with van der Waals surface area (Å²) >= 11 is 1.38. The van der Waals surface area contributed by atoms with Gasteiger partial charge in [0.15, 0.2) is 0 Å². The summed E-state index contributed by atoms with van der Waals surface area (Å²) in [6, 6.07) is 12.5. The highest BCUT2D eigenvalue weighted by molar-refractivity contribution is 8.00. The predicted molar refractivity (Wildman–Crippen MR) is 81.8 cm³/mol. The van der Waals surface area contributed by atoms with Gasteiger partial charge < -0.3 is 0 Å². The van der Waals surface area contributed by atoms with Crippen LogP contribution in [0.15, 0.2) is 47.4 Å². The fourth-order valence-corrected chi connectivity index (χ4v) is 2.78. The monoisotopic (exact) mass is 288 g/mol. The fourth-order valence-electron chi connectivity index (χ4n) is 1.97. The molecule has 2 aromatic rings. The van der Waals surface area contributed by atoms with E-state index < -0.39 is 0 Å². The first kappa shape index (κ1) is 14.8. The molecular formula is C17H17FOS. The van der Waals surface area contributed by atoms with Crippen LogP contribution in [0.2, 0.25) is 0 Å². The van der Waals surface area contributed by atoms with Crippen molar-refractivity contribution in [1.29, 1.82) is 0 Å². The van der Waals surface area contributed by atoms with E-state index in [4.69, 9.17) is 0 Å². The molecule has 0 radical (unpaired) electrons. The van der Waals surface area contributed by atoms with Gasteiger partial charge in [-0.05, 0) is 43.2 Å². The Morgan fingerprint density at radius 1 is 1.15 bits per heavy atom. The van der Waals surface area contributed by atoms with Crippen LogP contribution >= 0.6 is 11.8 Å². The summed E-state index contributed by atoms with van der Waals surface area (Å²) in [6.07, 6.45) is 0.440. The molecule has 0 bridgehead atoms. The lowest BCUT2D eigenvalue weighted by atomic mass is 10.0. The van der Waals surface area contributed by atoms with Crippen LogP contribution < -0.4 is 0 Å². The summed E-state index contributed by atoms with van der Waals surface area (Å²) in [5, 5.41) is 0. The van der Waals surface area contributed by atoms with E-state index in [0.717, 1.165) is 21.6 Å². The average Bonchev–Trinajstić information content (AvgIpc) is 2.41. The average molecular weight is 288 g/mol. The highest BCUT2D eigenvalue weighted by atomic mass is 32.2. The molecule has 0 N–H and O–H groups in total. The zero-order valence-corrected chi connectivity index (χ0v) is 12.5. The van der Waals surface area contributed by atoms with Crippen LogP contribution in [0.4, 0.5) is 4.39 Å².